The van der Waals surface area contributed by atoms with E-state index >= 15 is 0 Å². The van der Waals surface area contributed by atoms with Crippen LogP contribution >= 0.6 is 0 Å². The van der Waals surface area contributed by atoms with Gasteiger partial charge in [-0.15, -0.1) is 6.58 Å². The third-order valence-electron chi connectivity index (χ3n) is 2.75. The number of phenolic OH excluding ortho intramolecular Hbond substituents is 1. The molecule has 2 nitrogen and oxygen atoms in total. The summed E-state index contributed by atoms with van der Waals surface area (Å²) in [6.45, 7) is 3.69. The lowest BCUT2D eigenvalue weighted by Gasteiger charge is -2.13. The second-order valence-electron chi connectivity index (χ2n) is 3.85. The number of rotatable bonds is 3. The van der Waals surface area contributed by atoms with E-state index in [2.05, 4.69) is 6.58 Å². The van der Waals surface area contributed by atoms with E-state index < -0.39 is 0 Å². The Morgan fingerprint density at radius 3 is 2.56 bits per heavy atom. The van der Waals surface area contributed by atoms with Gasteiger partial charge in [-0.2, -0.15) is 0 Å². The summed E-state index contributed by atoms with van der Waals surface area (Å²) < 4.78 is 0. The third-order valence-corrected chi connectivity index (χ3v) is 2.75. The third kappa shape index (κ3) is 1.79. The van der Waals surface area contributed by atoms with E-state index in [9.17, 15) is 5.11 Å². The zero-order valence-electron chi connectivity index (χ0n) is 9.06. The molecule has 0 aliphatic rings. The van der Waals surface area contributed by atoms with E-state index in [0.29, 0.717) is 5.75 Å². The monoisotopic (exact) mass is 213 g/mol. The highest BCUT2D eigenvalue weighted by Crippen LogP contribution is 2.30. The Morgan fingerprint density at radius 1 is 1.19 bits per heavy atom. The predicted octanol–water partition coefficient (Wildman–Crippen LogP) is 3.12. The topological polar surface area (TPSA) is 46.2 Å². The number of phenols is 1. The highest BCUT2D eigenvalue weighted by atomic mass is 16.3. The molecule has 1 atom stereocenters. The van der Waals surface area contributed by atoms with E-state index in [0.717, 1.165) is 22.8 Å². The van der Waals surface area contributed by atoms with E-state index in [-0.39, 0.29) is 6.04 Å². The Morgan fingerprint density at radius 2 is 1.88 bits per heavy atom. The number of aromatic hydroxyl groups is 1. The number of hydrogen-bond donors (Lipinski definition) is 2. The molecule has 2 aromatic rings. The maximum atomic E-state index is 9.75. The summed E-state index contributed by atoms with van der Waals surface area (Å²) in [6.07, 6.45) is 2.54. The van der Waals surface area contributed by atoms with Crippen molar-refractivity contribution in [3.63, 3.8) is 0 Å². The summed E-state index contributed by atoms with van der Waals surface area (Å²) in [6, 6.07) is 11.2. The van der Waals surface area contributed by atoms with Gasteiger partial charge >= 0.3 is 0 Å². The fraction of sp³-hybridized carbons (Fsp3) is 0.143. The zero-order chi connectivity index (χ0) is 11.5. The van der Waals surface area contributed by atoms with Gasteiger partial charge < -0.3 is 10.8 Å². The summed E-state index contributed by atoms with van der Waals surface area (Å²) in [5.74, 6) is 0.296. The summed E-state index contributed by atoms with van der Waals surface area (Å²) in [7, 11) is 0. The standard InChI is InChI=1S/C14H15NO/c1-2-5-13(15)11-8-9-14(16)12-7-4-3-6-10(11)12/h2-4,6-9,13,16H,1,5,15H2/t13-/m1/s1. The maximum Gasteiger partial charge on any atom is 0.123 e. The first-order valence-electron chi connectivity index (χ1n) is 5.31. The molecule has 0 saturated carbocycles. The largest absolute Gasteiger partial charge is 0.507 e. The molecule has 0 spiro atoms. The average molecular weight is 213 g/mol. The summed E-state index contributed by atoms with van der Waals surface area (Å²) in [4.78, 5) is 0. The molecule has 0 aliphatic heterocycles. The molecule has 0 amide bonds. The van der Waals surface area contributed by atoms with Crippen molar-refractivity contribution in [2.24, 2.45) is 5.73 Å². The lowest BCUT2D eigenvalue weighted by molar-refractivity contribution is 0.481. The molecular formula is C14H15NO. The fourth-order valence-corrected chi connectivity index (χ4v) is 1.94. The molecule has 0 radical (unpaired) electrons. The molecule has 0 unspecified atom stereocenters. The van der Waals surface area contributed by atoms with E-state index in [1.54, 1.807) is 6.07 Å². The van der Waals surface area contributed by atoms with Crippen LogP contribution in [0.1, 0.15) is 18.0 Å². The summed E-state index contributed by atoms with van der Waals surface area (Å²) >= 11 is 0. The molecule has 2 rings (SSSR count). The molecule has 0 aromatic heterocycles. The van der Waals surface area contributed by atoms with Crippen LogP contribution in [0.4, 0.5) is 0 Å². The van der Waals surface area contributed by atoms with Crippen molar-refractivity contribution < 1.29 is 5.11 Å². The molecular weight excluding hydrogens is 198 g/mol. The van der Waals surface area contributed by atoms with Crippen LogP contribution in [-0.2, 0) is 0 Å². The molecule has 0 aliphatic carbocycles. The number of nitrogens with two attached hydrogens (primary N) is 1. The first kappa shape index (κ1) is 10.7. The van der Waals surface area contributed by atoms with Crippen molar-refractivity contribution in [2.75, 3.05) is 0 Å². The van der Waals surface area contributed by atoms with E-state index in [1.165, 1.54) is 0 Å². The Labute approximate surface area is 95.0 Å². The van der Waals surface area contributed by atoms with Crippen molar-refractivity contribution in [3.05, 3.63) is 54.6 Å². The summed E-state index contributed by atoms with van der Waals surface area (Å²) in [5, 5.41) is 11.6. The minimum Gasteiger partial charge on any atom is -0.507 e. The Balaban J connectivity index is 2.62. The highest BCUT2D eigenvalue weighted by Gasteiger charge is 2.10. The van der Waals surface area contributed by atoms with E-state index in [1.807, 2.05) is 36.4 Å². The average Bonchev–Trinajstić information content (AvgIpc) is 2.30. The molecule has 0 saturated heterocycles. The highest BCUT2D eigenvalue weighted by molar-refractivity contribution is 5.91. The molecule has 0 bridgehead atoms. The maximum absolute atomic E-state index is 9.75. The Kier molecular flexibility index (Phi) is 2.93. The van der Waals surface area contributed by atoms with Crippen molar-refractivity contribution in [1.29, 1.82) is 0 Å². The Bertz CT molecular complexity index is 519. The second kappa shape index (κ2) is 4.37. The molecule has 2 heteroatoms. The van der Waals surface area contributed by atoms with Gasteiger partial charge in [-0.1, -0.05) is 36.4 Å². The molecule has 16 heavy (non-hydrogen) atoms. The second-order valence-corrected chi connectivity index (χ2v) is 3.85. The quantitative estimate of drug-likeness (QED) is 0.769. The van der Waals surface area contributed by atoms with Crippen LogP contribution in [0.25, 0.3) is 10.8 Å². The SMILES string of the molecule is C=CC[C@@H](N)c1ccc(O)c2ccccc12. The van der Waals surface area contributed by atoms with Gasteiger partial charge in [0.2, 0.25) is 0 Å². The van der Waals surface area contributed by atoms with Crippen LogP contribution in [0, 0.1) is 0 Å². The van der Waals surface area contributed by atoms with Gasteiger partial charge in [0.25, 0.3) is 0 Å². The first-order valence-corrected chi connectivity index (χ1v) is 5.31. The zero-order valence-corrected chi connectivity index (χ0v) is 9.06. The van der Waals surface area contributed by atoms with Crippen LogP contribution < -0.4 is 5.73 Å². The van der Waals surface area contributed by atoms with Gasteiger partial charge in [0.05, 0.1) is 0 Å². The number of benzene rings is 2. The van der Waals surface area contributed by atoms with Gasteiger partial charge in [0.1, 0.15) is 5.75 Å². The molecule has 0 heterocycles. The fourth-order valence-electron chi connectivity index (χ4n) is 1.94. The predicted molar refractivity (Wildman–Crippen MR) is 67.4 cm³/mol. The number of fused-ring (bicyclic) bond motifs is 1. The first-order chi connectivity index (χ1) is 7.74. The van der Waals surface area contributed by atoms with Crippen LogP contribution in [0.2, 0.25) is 0 Å². The van der Waals surface area contributed by atoms with Gasteiger partial charge in [-0.3, -0.25) is 0 Å². The van der Waals surface area contributed by atoms with Crippen LogP contribution in [0.3, 0.4) is 0 Å². The molecule has 3 N–H and O–H groups in total. The van der Waals surface area contributed by atoms with Crippen molar-refractivity contribution in [1.82, 2.24) is 0 Å². The number of hydrogen-bond acceptors (Lipinski definition) is 2. The van der Waals surface area contributed by atoms with Crippen molar-refractivity contribution in [2.45, 2.75) is 12.5 Å². The minimum absolute atomic E-state index is 0.0667. The van der Waals surface area contributed by atoms with Crippen LogP contribution in [-0.4, -0.2) is 5.11 Å². The van der Waals surface area contributed by atoms with E-state index in [4.69, 9.17) is 5.73 Å². The molecule has 2 aromatic carbocycles. The van der Waals surface area contributed by atoms with Gasteiger partial charge in [-0.05, 0) is 23.4 Å². The normalized spacial score (nSPS) is 12.6. The van der Waals surface area contributed by atoms with Crippen molar-refractivity contribution in [3.8, 4) is 5.75 Å². The van der Waals surface area contributed by atoms with Gasteiger partial charge in [-0.25, -0.2) is 0 Å². The smallest absolute Gasteiger partial charge is 0.123 e. The van der Waals surface area contributed by atoms with Gasteiger partial charge in [0, 0.05) is 11.4 Å². The lowest BCUT2D eigenvalue weighted by atomic mass is 9.97. The lowest BCUT2D eigenvalue weighted by Crippen LogP contribution is -2.09. The molecule has 0 fully saturated rings. The summed E-state index contributed by atoms with van der Waals surface area (Å²) in [5.41, 5.74) is 7.12. The molecule has 82 valence electrons. The minimum atomic E-state index is -0.0667. The van der Waals surface area contributed by atoms with Crippen LogP contribution in [0.15, 0.2) is 49.1 Å². The Hall–Kier alpha value is -1.80. The van der Waals surface area contributed by atoms with Crippen LogP contribution in [0.5, 0.6) is 5.75 Å². The van der Waals surface area contributed by atoms with Gasteiger partial charge in [0.15, 0.2) is 0 Å². The van der Waals surface area contributed by atoms with Crippen molar-refractivity contribution >= 4 is 10.8 Å².